The molecule has 1 rings (SSSR count). The first-order chi connectivity index (χ1) is 13.6. The fraction of sp³-hybridized carbons (Fsp3) is 0.700. The van der Waals surface area contributed by atoms with E-state index < -0.39 is 20.7 Å². The van der Waals surface area contributed by atoms with Crippen molar-refractivity contribution in [3.05, 3.63) is 35.4 Å². The first-order valence-corrected chi connectivity index (χ1v) is 13.9. The Labute approximate surface area is 174 Å². The minimum Gasteiger partial charge on any atom is -0.323 e. The van der Waals surface area contributed by atoms with E-state index in [-0.39, 0.29) is 6.54 Å². The van der Waals surface area contributed by atoms with Gasteiger partial charge in [-0.05, 0) is 24.0 Å². The first-order valence-electron chi connectivity index (χ1n) is 10.6. The van der Waals surface area contributed by atoms with E-state index in [0.717, 1.165) is 12.8 Å². The molecule has 0 aliphatic rings. The number of benzene rings is 1. The smallest absolute Gasteiger partial charge is 0.323 e. The van der Waals surface area contributed by atoms with Crippen LogP contribution in [0.3, 0.4) is 0 Å². The third kappa shape index (κ3) is 12.0. The standard InChI is InChI=1S/C20H37NO6P2/c1-2-3-4-5-6-7-8-9-10-11-12-18-13-15-19(16-14-18)17-21-20(28(22,23)24)29(25,26)27/h13-16,20-21H,2-12,17H2,1H3,(H2,22,23,24)(H2,25,26,27). The van der Waals surface area contributed by atoms with Crippen LogP contribution in [0.15, 0.2) is 24.3 Å². The molecule has 0 saturated carbocycles. The maximum Gasteiger partial charge on any atom is 0.354 e. The van der Waals surface area contributed by atoms with Crippen molar-refractivity contribution in [3.63, 3.8) is 0 Å². The van der Waals surface area contributed by atoms with E-state index in [9.17, 15) is 9.13 Å². The largest absolute Gasteiger partial charge is 0.354 e. The van der Waals surface area contributed by atoms with E-state index in [1.807, 2.05) is 24.3 Å². The molecule has 1 aromatic carbocycles. The molecule has 0 atom stereocenters. The molecule has 0 aliphatic carbocycles. The Hall–Kier alpha value is -0.520. The second-order valence-electron chi connectivity index (χ2n) is 7.68. The van der Waals surface area contributed by atoms with Gasteiger partial charge in [-0.15, -0.1) is 0 Å². The molecule has 0 heterocycles. The Balaban J connectivity index is 2.25. The highest BCUT2D eigenvalue weighted by molar-refractivity contribution is 7.70. The molecule has 0 bridgehead atoms. The fourth-order valence-electron chi connectivity index (χ4n) is 3.28. The SMILES string of the molecule is CCCCCCCCCCCCc1ccc(CNC(P(=O)(O)O)P(=O)(O)O)cc1. The van der Waals surface area contributed by atoms with Crippen molar-refractivity contribution in [2.45, 2.75) is 89.6 Å². The molecule has 7 nitrogen and oxygen atoms in total. The maximum absolute atomic E-state index is 11.3. The van der Waals surface area contributed by atoms with Crippen molar-refractivity contribution in [2.75, 3.05) is 0 Å². The predicted octanol–water partition coefficient (Wildman–Crippen LogP) is 4.88. The van der Waals surface area contributed by atoms with E-state index >= 15 is 0 Å². The van der Waals surface area contributed by atoms with Gasteiger partial charge in [0.1, 0.15) is 0 Å². The Morgan fingerprint density at radius 3 is 1.59 bits per heavy atom. The lowest BCUT2D eigenvalue weighted by molar-refractivity contribution is 0.327. The van der Waals surface area contributed by atoms with Crippen molar-refractivity contribution in [1.29, 1.82) is 0 Å². The highest BCUT2D eigenvalue weighted by Crippen LogP contribution is 2.58. The lowest BCUT2D eigenvalue weighted by Crippen LogP contribution is -2.28. The van der Waals surface area contributed by atoms with Crippen molar-refractivity contribution in [2.24, 2.45) is 0 Å². The van der Waals surface area contributed by atoms with Crippen LogP contribution in [-0.2, 0) is 22.1 Å². The lowest BCUT2D eigenvalue weighted by atomic mass is 10.0. The minimum absolute atomic E-state index is 0.0284. The normalized spacial score (nSPS) is 12.6. The van der Waals surface area contributed by atoms with Gasteiger partial charge in [0.25, 0.3) is 0 Å². The summed E-state index contributed by atoms with van der Waals surface area (Å²) in [6, 6.07) is 7.54. The second kappa shape index (κ2) is 13.7. The van der Waals surface area contributed by atoms with E-state index in [1.165, 1.54) is 63.4 Å². The Morgan fingerprint density at radius 2 is 1.14 bits per heavy atom. The molecule has 0 radical (unpaired) electrons. The van der Waals surface area contributed by atoms with Crippen LogP contribution < -0.4 is 5.32 Å². The van der Waals surface area contributed by atoms with Gasteiger partial charge >= 0.3 is 15.2 Å². The molecule has 29 heavy (non-hydrogen) atoms. The Bertz CT molecular complexity index is 633. The third-order valence-electron chi connectivity index (χ3n) is 4.97. The van der Waals surface area contributed by atoms with Crippen LogP contribution in [0.2, 0.25) is 0 Å². The highest BCUT2D eigenvalue weighted by Gasteiger charge is 2.42. The van der Waals surface area contributed by atoms with E-state index in [0.29, 0.717) is 5.56 Å². The van der Waals surface area contributed by atoms with Gasteiger partial charge < -0.3 is 19.6 Å². The summed E-state index contributed by atoms with van der Waals surface area (Å²) in [7, 11) is -9.90. The van der Waals surface area contributed by atoms with E-state index in [4.69, 9.17) is 19.6 Å². The van der Waals surface area contributed by atoms with Crippen LogP contribution in [0, 0.1) is 0 Å². The topological polar surface area (TPSA) is 127 Å². The molecule has 5 N–H and O–H groups in total. The van der Waals surface area contributed by atoms with Crippen molar-refractivity contribution < 1.29 is 28.7 Å². The summed E-state index contributed by atoms with van der Waals surface area (Å²) >= 11 is 0. The van der Waals surface area contributed by atoms with Gasteiger partial charge in [0.2, 0.25) is 5.52 Å². The Morgan fingerprint density at radius 1 is 0.724 bits per heavy atom. The number of hydrogen-bond acceptors (Lipinski definition) is 3. The molecule has 0 saturated heterocycles. The zero-order valence-corrected chi connectivity index (χ0v) is 19.2. The van der Waals surface area contributed by atoms with Crippen LogP contribution in [0.25, 0.3) is 0 Å². The number of nitrogens with one attached hydrogen (secondary N) is 1. The molecule has 0 aliphatic heterocycles. The summed E-state index contributed by atoms with van der Waals surface area (Å²) in [4.78, 5) is 36.5. The van der Waals surface area contributed by atoms with E-state index in [2.05, 4.69) is 12.2 Å². The molecule has 0 aromatic heterocycles. The van der Waals surface area contributed by atoms with Gasteiger partial charge in [0, 0.05) is 6.54 Å². The minimum atomic E-state index is -4.95. The molecule has 0 fully saturated rings. The van der Waals surface area contributed by atoms with Crippen molar-refractivity contribution in [3.8, 4) is 0 Å². The quantitative estimate of drug-likeness (QED) is 0.180. The molecule has 9 heteroatoms. The summed E-state index contributed by atoms with van der Waals surface area (Å²) in [5.41, 5.74) is -0.278. The van der Waals surface area contributed by atoms with Crippen molar-refractivity contribution in [1.82, 2.24) is 5.32 Å². The Kier molecular flexibility index (Phi) is 12.5. The number of aryl methyl sites for hydroxylation is 1. The van der Waals surface area contributed by atoms with Crippen LogP contribution in [0.5, 0.6) is 0 Å². The summed E-state index contributed by atoms with van der Waals surface area (Å²) in [6.45, 7) is 2.21. The van der Waals surface area contributed by atoms with E-state index in [1.54, 1.807) is 0 Å². The number of unbranched alkanes of at least 4 members (excludes halogenated alkanes) is 9. The number of hydrogen-bond donors (Lipinski definition) is 5. The van der Waals surface area contributed by atoms with Gasteiger partial charge in [-0.3, -0.25) is 14.4 Å². The van der Waals surface area contributed by atoms with Gasteiger partial charge in [-0.25, -0.2) is 0 Å². The zero-order chi connectivity index (χ0) is 21.8. The average Bonchev–Trinajstić information content (AvgIpc) is 2.62. The van der Waals surface area contributed by atoms with Crippen LogP contribution in [-0.4, -0.2) is 25.1 Å². The van der Waals surface area contributed by atoms with Crippen LogP contribution in [0.1, 0.15) is 82.3 Å². The molecular formula is C20H37NO6P2. The molecule has 0 unspecified atom stereocenters. The number of rotatable bonds is 16. The van der Waals surface area contributed by atoms with Gasteiger partial charge in [0.15, 0.2) is 0 Å². The molecule has 0 spiro atoms. The monoisotopic (exact) mass is 449 g/mol. The predicted molar refractivity (Wildman–Crippen MR) is 117 cm³/mol. The van der Waals surface area contributed by atoms with Gasteiger partial charge in [-0.2, -0.15) is 0 Å². The fourth-order valence-corrected chi connectivity index (χ4v) is 5.51. The highest BCUT2D eigenvalue weighted by atomic mass is 31.2. The maximum atomic E-state index is 11.3. The molecule has 168 valence electrons. The average molecular weight is 449 g/mol. The summed E-state index contributed by atoms with van der Waals surface area (Å²) < 4.78 is 22.5. The molecule has 1 aromatic rings. The zero-order valence-electron chi connectivity index (χ0n) is 17.4. The van der Waals surface area contributed by atoms with Gasteiger partial charge in [0.05, 0.1) is 0 Å². The second-order valence-corrected chi connectivity index (χ2v) is 11.5. The third-order valence-corrected chi connectivity index (χ3v) is 8.41. The van der Waals surface area contributed by atoms with Crippen LogP contribution in [0.4, 0.5) is 0 Å². The first kappa shape index (κ1) is 26.5. The molecule has 0 amide bonds. The van der Waals surface area contributed by atoms with Crippen LogP contribution >= 0.6 is 15.2 Å². The summed E-state index contributed by atoms with van der Waals surface area (Å²) in [6.07, 6.45) is 13.9. The lowest BCUT2D eigenvalue weighted by Gasteiger charge is -2.20. The summed E-state index contributed by atoms with van der Waals surface area (Å²) in [5.74, 6) is 0. The van der Waals surface area contributed by atoms with Gasteiger partial charge in [-0.1, -0.05) is 89.0 Å². The summed E-state index contributed by atoms with van der Waals surface area (Å²) in [5, 5.41) is 2.30. The van der Waals surface area contributed by atoms with Crippen molar-refractivity contribution >= 4 is 15.2 Å². The molecular weight excluding hydrogens is 412 g/mol.